The largest absolute Gasteiger partial charge is 0.506 e. The molecule has 2 fully saturated rings. The van der Waals surface area contributed by atoms with Crippen molar-refractivity contribution in [2.24, 2.45) is 0 Å². The number of hydrogen-bond acceptors (Lipinski definition) is 4. The number of para-hydroxylation sites is 2. The molecule has 0 unspecified atom stereocenters. The van der Waals surface area contributed by atoms with Gasteiger partial charge in [0.25, 0.3) is 0 Å². The number of phenolic OH excluding ortho intramolecular Hbond substituents is 1. The lowest BCUT2D eigenvalue weighted by atomic mass is 10.0. The number of aromatic hydroxyl groups is 1. The molecule has 2 aliphatic rings. The van der Waals surface area contributed by atoms with Gasteiger partial charge in [0.1, 0.15) is 11.8 Å². The average Bonchev–Trinajstić information content (AvgIpc) is 2.76. The number of anilines is 1. The molecule has 28 heavy (non-hydrogen) atoms. The predicted octanol–water partition coefficient (Wildman–Crippen LogP) is 3.27. The molecule has 0 saturated carbocycles. The summed E-state index contributed by atoms with van der Waals surface area (Å²) in [7, 11) is 0. The van der Waals surface area contributed by atoms with Crippen molar-refractivity contribution in [3.8, 4) is 5.75 Å². The smallest absolute Gasteiger partial charge is 0.244 e. The Balaban J connectivity index is 1.51. The first kappa shape index (κ1) is 18.8. The molecule has 1 N–H and O–H groups in total. The summed E-state index contributed by atoms with van der Waals surface area (Å²) in [6, 6.07) is 17.4. The Morgan fingerprint density at radius 3 is 2.11 bits per heavy atom. The van der Waals surface area contributed by atoms with Gasteiger partial charge in [-0.3, -0.25) is 9.69 Å². The maximum Gasteiger partial charge on any atom is 0.244 e. The van der Waals surface area contributed by atoms with E-state index in [2.05, 4.69) is 26.8 Å². The summed E-state index contributed by atoms with van der Waals surface area (Å²) in [4.78, 5) is 20.0. The van der Waals surface area contributed by atoms with E-state index in [0.29, 0.717) is 5.75 Å². The van der Waals surface area contributed by atoms with E-state index in [-0.39, 0.29) is 11.9 Å². The van der Waals surface area contributed by atoms with Crippen molar-refractivity contribution < 1.29 is 9.90 Å². The zero-order valence-corrected chi connectivity index (χ0v) is 16.3. The van der Waals surface area contributed by atoms with Crippen LogP contribution in [0.15, 0.2) is 54.6 Å². The minimum absolute atomic E-state index is 0.217. The Morgan fingerprint density at radius 1 is 0.786 bits per heavy atom. The number of carbonyl (C=O) groups excluding carboxylic acids is 1. The third-order valence-corrected chi connectivity index (χ3v) is 5.92. The van der Waals surface area contributed by atoms with Crippen LogP contribution >= 0.6 is 0 Å². The summed E-state index contributed by atoms with van der Waals surface area (Å²) in [6.07, 6.45) is 3.43. The molecule has 4 rings (SSSR count). The standard InChI is InChI=1S/C23H29N3O2/c27-21-12-6-5-11-20(21)24-15-17-25(18-16-24)22(19-9-3-1-4-10-19)23(28)26-13-7-2-8-14-26/h1,3-6,9-12,22,27H,2,7-8,13-18H2/t22-/m1/s1. The lowest BCUT2D eigenvalue weighted by Crippen LogP contribution is -2.52. The number of carbonyl (C=O) groups is 1. The number of piperazine rings is 1. The zero-order chi connectivity index (χ0) is 19.3. The lowest BCUT2D eigenvalue weighted by Gasteiger charge is -2.41. The first-order valence-corrected chi connectivity index (χ1v) is 10.3. The third-order valence-electron chi connectivity index (χ3n) is 5.92. The predicted molar refractivity (Wildman–Crippen MR) is 112 cm³/mol. The van der Waals surface area contributed by atoms with Gasteiger partial charge in [-0.15, -0.1) is 0 Å². The van der Waals surface area contributed by atoms with E-state index in [0.717, 1.165) is 63.4 Å². The second-order valence-corrected chi connectivity index (χ2v) is 7.71. The molecule has 0 radical (unpaired) electrons. The monoisotopic (exact) mass is 379 g/mol. The topological polar surface area (TPSA) is 47.0 Å². The Bertz CT molecular complexity index is 781. The molecule has 0 spiro atoms. The zero-order valence-electron chi connectivity index (χ0n) is 16.3. The van der Waals surface area contributed by atoms with Gasteiger partial charge >= 0.3 is 0 Å². The number of phenols is 1. The molecule has 2 saturated heterocycles. The molecule has 5 nitrogen and oxygen atoms in total. The highest BCUT2D eigenvalue weighted by Gasteiger charge is 2.34. The van der Waals surface area contributed by atoms with E-state index in [4.69, 9.17) is 0 Å². The molecule has 2 heterocycles. The van der Waals surface area contributed by atoms with Crippen LogP contribution in [0.2, 0.25) is 0 Å². The van der Waals surface area contributed by atoms with Gasteiger partial charge in [0.05, 0.1) is 5.69 Å². The van der Waals surface area contributed by atoms with E-state index < -0.39 is 0 Å². The second-order valence-electron chi connectivity index (χ2n) is 7.71. The lowest BCUT2D eigenvalue weighted by molar-refractivity contribution is -0.138. The molecule has 2 aliphatic heterocycles. The number of hydrogen-bond donors (Lipinski definition) is 1. The van der Waals surface area contributed by atoms with Gasteiger partial charge in [0.2, 0.25) is 5.91 Å². The number of piperidine rings is 1. The highest BCUT2D eigenvalue weighted by atomic mass is 16.3. The normalized spacial score (nSPS) is 19.4. The SMILES string of the molecule is O=C([C@@H](c1ccccc1)N1CCN(c2ccccc2O)CC1)N1CCCCC1. The summed E-state index contributed by atoms with van der Waals surface area (Å²) < 4.78 is 0. The molecular formula is C23H29N3O2. The Kier molecular flexibility index (Phi) is 5.81. The van der Waals surface area contributed by atoms with Gasteiger partial charge < -0.3 is 14.9 Å². The highest BCUT2D eigenvalue weighted by Crippen LogP contribution is 2.30. The molecule has 5 heteroatoms. The summed E-state index contributed by atoms with van der Waals surface area (Å²) in [6.45, 7) is 4.95. The number of amides is 1. The van der Waals surface area contributed by atoms with Crippen LogP contribution in [-0.2, 0) is 4.79 Å². The Morgan fingerprint density at radius 2 is 1.43 bits per heavy atom. The van der Waals surface area contributed by atoms with Gasteiger partial charge in [-0.25, -0.2) is 0 Å². The van der Waals surface area contributed by atoms with Crippen LogP contribution in [0.1, 0.15) is 30.9 Å². The van der Waals surface area contributed by atoms with Gasteiger partial charge in [0, 0.05) is 39.3 Å². The van der Waals surface area contributed by atoms with E-state index in [1.165, 1.54) is 6.42 Å². The van der Waals surface area contributed by atoms with E-state index in [1.807, 2.05) is 36.4 Å². The van der Waals surface area contributed by atoms with Crippen molar-refractivity contribution in [3.63, 3.8) is 0 Å². The van der Waals surface area contributed by atoms with E-state index in [1.54, 1.807) is 6.07 Å². The number of rotatable bonds is 4. The van der Waals surface area contributed by atoms with Crippen LogP contribution in [-0.4, -0.2) is 60.1 Å². The van der Waals surface area contributed by atoms with Gasteiger partial charge in [0.15, 0.2) is 0 Å². The average molecular weight is 380 g/mol. The van der Waals surface area contributed by atoms with Crippen LogP contribution in [0.5, 0.6) is 5.75 Å². The Labute approximate surface area is 167 Å². The van der Waals surface area contributed by atoms with Crippen molar-refractivity contribution in [1.29, 1.82) is 0 Å². The molecule has 0 bridgehead atoms. The third kappa shape index (κ3) is 3.99. The van der Waals surface area contributed by atoms with Crippen LogP contribution in [0.3, 0.4) is 0 Å². The molecule has 2 aromatic rings. The first-order valence-electron chi connectivity index (χ1n) is 10.3. The van der Waals surface area contributed by atoms with Gasteiger partial charge in [-0.05, 0) is 37.0 Å². The summed E-state index contributed by atoms with van der Waals surface area (Å²) in [5.74, 6) is 0.557. The first-order chi connectivity index (χ1) is 13.7. The Hall–Kier alpha value is -2.53. The molecule has 2 aromatic carbocycles. The van der Waals surface area contributed by atoms with Crippen molar-refractivity contribution in [2.75, 3.05) is 44.2 Å². The summed E-state index contributed by atoms with van der Waals surface area (Å²) >= 11 is 0. The fourth-order valence-corrected chi connectivity index (χ4v) is 4.38. The maximum absolute atomic E-state index is 13.4. The minimum atomic E-state index is -0.217. The van der Waals surface area contributed by atoms with Crippen LogP contribution in [0.4, 0.5) is 5.69 Å². The van der Waals surface area contributed by atoms with Crippen LogP contribution in [0.25, 0.3) is 0 Å². The van der Waals surface area contributed by atoms with Crippen LogP contribution < -0.4 is 4.90 Å². The van der Waals surface area contributed by atoms with Crippen molar-refractivity contribution >= 4 is 11.6 Å². The second kappa shape index (κ2) is 8.65. The molecule has 0 aromatic heterocycles. The summed E-state index contributed by atoms with van der Waals surface area (Å²) in [5.41, 5.74) is 1.95. The number of benzene rings is 2. The fraction of sp³-hybridized carbons (Fsp3) is 0.435. The molecule has 0 aliphatic carbocycles. The number of likely N-dealkylation sites (tertiary alicyclic amines) is 1. The molecule has 148 valence electrons. The molecule has 1 atom stereocenters. The molecular weight excluding hydrogens is 350 g/mol. The van der Waals surface area contributed by atoms with Crippen molar-refractivity contribution in [1.82, 2.24) is 9.80 Å². The minimum Gasteiger partial charge on any atom is -0.506 e. The highest BCUT2D eigenvalue weighted by molar-refractivity contribution is 5.83. The van der Waals surface area contributed by atoms with Crippen molar-refractivity contribution in [3.05, 3.63) is 60.2 Å². The number of nitrogens with zero attached hydrogens (tertiary/aromatic N) is 3. The van der Waals surface area contributed by atoms with E-state index >= 15 is 0 Å². The van der Waals surface area contributed by atoms with Gasteiger partial charge in [-0.2, -0.15) is 0 Å². The maximum atomic E-state index is 13.4. The van der Waals surface area contributed by atoms with Crippen LogP contribution in [0, 0.1) is 0 Å². The quantitative estimate of drug-likeness (QED) is 0.886. The summed E-state index contributed by atoms with van der Waals surface area (Å²) in [5, 5.41) is 10.2. The fourth-order valence-electron chi connectivity index (χ4n) is 4.38. The van der Waals surface area contributed by atoms with Gasteiger partial charge in [-0.1, -0.05) is 42.5 Å². The van der Waals surface area contributed by atoms with E-state index in [9.17, 15) is 9.90 Å². The molecule has 1 amide bonds. The van der Waals surface area contributed by atoms with Crippen molar-refractivity contribution in [2.45, 2.75) is 25.3 Å².